The van der Waals surface area contributed by atoms with Crippen LogP contribution < -0.4 is 5.32 Å². The monoisotopic (exact) mass is 263 g/mol. The summed E-state index contributed by atoms with van der Waals surface area (Å²) >= 11 is 0. The van der Waals surface area contributed by atoms with Crippen LogP contribution in [-0.2, 0) is 19.4 Å². The molecule has 3 heteroatoms. The Morgan fingerprint density at radius 1 is 1.42 bits per heavy atom. The molecule has 1 N–H and O–H groups in total. The molecule has 1 fully saturated rings. The molecule has 0 radical (unpaired) electrons. The molecular weight excluding hydrogens is 234 g/mol. The summed E-state index contributed by atoms with van der Waals surface area (Å²) in [4.78, 5) is 0. The summed E-state index contributed by atoms with van der Waals surface area (Å²) in [6, 6.07) is 2.31. The van der Waals surface area contributed by atoms with E-state index in [0.717, 1.165) is 25.3 Å². The molecule has 19 heavy (non-hydrogen) atoms. The van der Waals surface area contributed by atoms with Gasteiger partial charge in [0.15, 0.2) is 0 Å². The minimum Gasteiger partial charge on any atom is -0.311 e. The van der Waals surface area contributed by atoms with Gasteiger partial charge in [0, 0.05) is 24.2 Å². The molecule has 0 amide bonds. The van der Waals surface area contributed by atoms with Gasteiger partial charge in [0.1, 0.15) is 0 Å². The maximum absolute atomic E-state index is 4.69. The second kappa shape index (κ2) is 6.08. The highest BCUT2D eigenvalue weighted by atomic mass is 15.3. The van der Waals surface area contributed by atoms with Crippen molar-refractivity contribution in [1.82, 2.24) is 15.1 Å². The van der Waals surface area contributed by atoms with Gasteiger partial charge in [0.2, 0.25) is 0 Å². The van der Waals surface area contributed by atoms with E-state index in [1.165, 1.54) is 37.2 Å². The second-order valence-electron chi connectivity index (χ2n) is 6.38. The molecule has 2 rings (SSSR count). The molecule has 1 aromatic rings. The standard InChI is InChI=1S/C16H29N3/c1-5-14-10-15(19(6-2)18-14)12-16(11-13(3)4)8-7-9-17-16/h10,13,17H,5-9,11-12H2,1-4H3. The molecule has 2 heterocycles. The van der Waals surface area contributed by atoms with Gasteiger partial charge in [-0.15, -0.1) is 0 Å². The zero-order chi connectivity index (χ0) is 13.9. The van der Waals surface area contributed by atoms with E-state index >= 15 is 0 Å². The van der Waals surface area contributed by atoms with Crippen LogP contribution in [0.25, 0.3) is 0 Å². The second-order valence-corrected chi connectivity index (χ2v) is 6.38. The minimum atomic E-state index is 0.312. The summed E-state index contributed by atoms with van der Waals surface area (Å²) in [7, 11) is 0. The molecule has 1 atom stereocenters. The average molecular weight is 263 g/mol. The summed E-state index contributed by atoms with van der Waals surface area (Å²) in [6.45, 7) is 11.2. The minimum absolute atomic E-state index is 0.312. The Labute approximate surface area is 117 Å². The first-order valence-electron chi connectivity index (χ1n) is 7.89. The van der Waals surface area contributed by atoms with Crippen LogP contribution in [0.2, 0.25) is 0 Å². The summed E-state index contributed by atoms with van der Waals surface area (Å²) in [6.07, 6.45) is 6.05. The molecule has 0 aliphatic carbocycles. The fraction of sp³-hybridized carbons (Fsp3) is 0.812. The molecule has 1 aliphatic heterocycles. The Kier molecular flexibility index (Phi) is 4.67. The van der Waals surface area contributed by atoms with Gasteiger partial charge in [-0.2, -0.15) is 5.10 Å². The molecule has 0 aromatic carbocycles. The van der Waals surface area contributed by atoms with Gasteiger partial charge in [-0.05, 0) is 51.1 Å². The summed E-state index contributed by atoms with van der Waals surface area (Å²) in [5.74, 6) is 0.745. The number of hydrogen-bond donors (Lipinski definition) is 1. The first kappa shape index (κ1) is 14.6. The normalized spacial score (nSPS) is 23.4. The van der Waals surface area contributed by atoms with Gasteiger partial charge in [0.05, 0.1) is 5.69 Å². The number of nitrogens with zero attached hydrogens (tertiary/aromatic N) is 2. The maximum atomic E-state index is 4.69. The lowest BCUT2D eigenvalue weighted by atomic mass is 9.83. The average Bonchev–Trinajstić information content (AvgIpc) is 2.96. The predicted molar refractivity (Wildman–Crippen MR) is 80.4 cm³/mol. The van der Waals surface area contributed by atoms with Crippen LogP contribution in [0.4, 0.5) is 0 Å². The van der Waals surface area contributed by atoms with Crippen LogP contribution >= 0.6 is 0 Å². The lowest BCUT2D eigenvalue weighted by Gasteiger charge is -2.31. The highest BCUT2D eigenvalue weighted by Crippen LogP contribution is 2.30. The fourth-order valence-electron chi connectivity index (χ4n) is 3.50. The zero-order valence-electron chi connectivity index (χ0n) is 13.0. The molecule has 0 bridgehead atoms. The molecule has 0 saturated carbocycles. The first-order chi connectivity index (χ1) is 9.08. The van der Waals surface area contributed by atoms with E-state index in [-0.39, 0.29) is 0 Å². The summed E-state index contributed by atoms with van der Waals surface area (Å²) in [5.41, 5.74) is 2.95. The van der Waals surface area contributed by atoms with E-state index < -0.39 is 0 Å². The maximum Gasteiger partial charge on any atom is 0.0624 e. The van der Waals surface area contributed by atoms with Gasteiger partial charge >= 0.3 is 0 Å². The van der Waals surface area contributed by atoms with Gasteiger partial charge < -0.3 is 5.32 Å². The Morgan fingerprint density at radius 2 is 2.21 bits per heavy atom. The van der Waals surface area contributed by atoms with Crippen LogP contribution in [0.5, 0.6) is 0 Å². The molecular formula is C16H29N3. The summed E-state index contributed by atoms with van der Waals surface area (Å²) in [5, 5.41) is 8.48. The van der Waals surface area contributed by atoms with Crippen molar-refractivity contribution in [3.63, 3.8) is 0 Å². The van der Waals surface area contributed by atoms with Gasteiger partial charge in [-0.25, -0.2) is 0 Å². The van der Waals surface area contributed by atoms with E-state index in [1.54, 1.807) is 0 Å². The number of aryl methyl sites for hydroxylation is 2. The quantitative estimate of drug-likeness (QED) is 0.854. The molecule has 3 nitrogen and oxygen atoms in total. The van der Waals surface area contributed by atoms with Crippen LogP contribution in [-0.4, -0.2) is 21.9 Å². The van der Waals surface area contributed by atoms with Gasteiger partial charge in [-0.3, -0.25) is 4.68 Å². The van der Waals surface area contributed by atoms with Crippen LogP contribution in [0.1, 0.15) is 58.3 Å². The van der Waals surface area contributed by atoms with E-state index in [4.69, 9.17) is 0 Å². The number of aromatic nitrogens is 2. The number of rotatable bonds is 6. The van der Waals surface area contributed by atoms with Crippen molar-refractivity contribution in [2.24, 2.45) is 5.92 Å². The largest absolute Gasteiger partial charge is 0.311 e. The van der Waals surface area contributed by atoms with Gasteiger partial charge in [-0.1, -0.05) is 20.8 Å². The van der Waals surface area contributed by atoms with Gasteiger partial charge in [0.25, 0.3) is 0 Å². The zero-order valence-corrected chi connectivity index (χ0v) is 13.0. The first-order valence-corrected chi connectivity index (χ1v) is 7.89. The van der Waals surface area contributed by atoms with E-state index in [2.05, 4.69) is 48.9 Å². The van der Waals surface area contributed by atoms with Crippen molar-refractivity contribution in [1.29, 1.82) is 0 Å². The van der Waals surface area contributed by atoms with Crippen molar-refractivity contribution in [2.45, 2.75) is 71.9 Å². The lowest BCUT2D eigenvalue weighted by molar-refractivity contribution is 0.295. The molecule has 1 aliphatic rings. The van der Waals surface area contributed by atoms with Crippen LogP contribution in [0.15, 0.2) is 6.07 Å². The third-order valence-corrected chi connectivity index (χ3v) is 4.23. The fourth-order valence-corrected chi connectivity index (χ4v) is 3.50. The Morgan fingerprint density at radius 3 is 2.74 bits per heavy atom. The van der Waals surface area contributed by atoms with Crippen molar-refractivity contribution in [2.75, 3.05) is 6.54 Å². The lowest BCUT2D eigenvalue weighted by Crippen LogP contribution is -2.43. The smallest absolute Gasteiger partial charge is 0.0624 e. The van der Waals surface area contributed by atoms with Crippen molar-refractivity contribution in [3.8, 4) is 0 Å². The highest BCUT2D eigenvalue weighted by molar-refractivity contribution is 5.15. The molecule has 1 saturated heterocycles. The number of nitrogens with one attached hydrogen (secondary N) is 1. The molecule has 1 unspecified atom stereocenters. The van der Waals surface area contributed by atoms with Crippen molar-refractivity contribution < 1.29 is 0 Å². The Balaban J connectivity index is 2.19. The predicted octanol–water partition coefficient (Wildman–Crippen LogP) is 3.18. The van der Waals surface area contributed by atoms with E-state index in [0.29, 0.717) is 5.54 Å². The molecule has 0 spiro atoms. The SMILES string of the molecule is CCc1cc(CC2(CC(C)C)CCCN2)n(CC)n1. The topological polar surface area (TPSA) is 29.9 Å². The van der Waals surface area contributed by atoms with Crippen LogP contribution in [0, 0.1) is 5.92 Å². The van der Waals surface area contributed by atoms with E-state index in [1.807, 2.05) is 0 Å². The van der Waals surface area contributed by atoms with Crippen molar-refractivity contribution in [3.05, 3.63) is 17.5 Å². The number of hydrogen-bond acceptors (Lipinski definition) is 2. The van der Waals surface area contributed by atoms with Crippen molar-refractivity contribution >= 4 is 0 Å². The summed E-state index contributed by atoms with van der Waals surface area (Å²) < 4.78 is 2.20. The highest BCUT2D eigenvalue weighted by Gasteiger charge is 2.35. The third-order valence-electron chi connectivity index (χ3n) is 4.23. The van der Waals surface area contributed by atoms with Crippen LogP contribution in [0.3, 0.4) is 0 Å². The molecule has 108 valence electrons. The third kappa shape index (κ3) is 3.38. The molecule has 1 aromatic heterocycles. The Hall–Kier alpha value is -0.830. The Bertz CT molecular complexity index is 400. The van der Waals surface area contributed by atoms with E-state index in [9.17, 15) is 0 Å².